The molecule has 0 bridgehead atoms. The first-order chi connectivity index (χ1) is 8.90. The van der Waals surface area contributed by atoms with E-state index in [0.29, 0.717) is 24.0 Å². The summed E-state index contributed by atoms with van der Waals surface area (Å²) in [5.74, 6) is 1.16. The van der Waals surface area contributed by atoms with Crippen LogP contribution in [0, 0.1) is 17.3 Å². The molecule has 1 rings (SSSR count). The Balaban J connectivity index is 2.73. The summed E-state index contributed by atoms with van der Waals surface area (Å²) in [6, 6.07) is 0. The topological polar surface area (TPSA) is 53.5 Å². The highest BCUT2D eigenvalue weighted by Gasteiger charge is 2.35. The summed E-state index contributed by atoms with van der Waals surface area (Å²) in [5, 5.41) is 0. The molecule has 19 heavy (non-hydrogen) atoms. The van der Waals surface area contributed by atoms with Gasteiger partial charge >= 0.3 is 5.71 Å². The van der Waals surface area contributed by atoms with Crippen LogP contribution in [-0.2, 0) is 4.79 Å². The molecule has 3 nitrogen and oxygen atoms in total. The first kappa shape index (κ1) is 16.1. The van der Waals surface area contributed by atoms with Crippen LogP contribution in [0.3, 0.4) is 0 Å². The standard InChI is InChI=1S/C16H28N2O/c1-5-12(13-9-7-6-8-10-13)11-14(18-17)15(19)16(2,3)4/h12-13H,5-11H2,1-4H3. The van der Waals surface area contributed by atoms with Crippen molar-refractivity contribution >= 4 is 11.5 Å². The van der Waals surface area contributed by atoms with Crippen LogP contribution >= 0.6 is 0 Å². The average molecular weight is 264 g/mol. The normalized spacial score (nSPS) is 18.7. The minimum Gasteiger partial charge on any atom is -0.361 e. The van der Waals surface area contributed by atoms with E-state index in [9.17, 15) is 4.79 Å². The number of hydrogen-bond donors (Lipinski definition) is 0. The smallest absolute Gasteiger partial charge is 0.335 e. The number of ketones is 1. The Morgan fingerprint density at radius 2 is 1.84 bits per heavy atom. The Kier molecular flexibility index (Phi) is 5.93. The lowest BCUT2D eigenvalue weighted by molar-refractivity contribution is -0.124. The van der Waals surface area contributed by atoms with E-state index in [1.807, 2.05) is 20.8 Å². The van der Waals surface area contributed by atoms with Crippen LogP contribution in [0.1, 0.15) is 72.6 Å². The Bertz CT molecular complexity index is 355. The van der Waals surface area contributed by atoms with Gasteiger partial charge < -0.3 is 5.53 Å². The molecule has 108 valence electrons. The van der Waals surface area contributed by atoms with Gasteiger partial charge in [-0.3, -0.25) is 4.79 Å². The molecule has 0 spiro atoms. The van der Waals surface area contributed by atoms with Crippen molar-refractivity contribution in [2.75, 3.05) is 0 Å². The van der Waals surface area contributed by atoms with Crippen molar-refractivity contribution in [2.45, 2.75) is 72.6 Å². The predicted molar refractivity (Wildman–Crippen MR) is 78.1 cm³/mol. The van der Waals surface area contributed by atoms with Gasteiger partial charge in [0, 0.05) is 5.41 Å². The quantitative estimate of drug-likeness (QED) is 0.415. The van der Waals surface area contributed by atoms with Gasteiger partial charge in [-0.15, -0.1) is 0 Å². The van der Waals surface area contributed by atoms with Crippen molar-refractivity contribution < 1.29 is 9.58 Å². The molecule has 0 aromatic heterocycles. The lowest BCUT2D eigenvalue weighted by atomic mass is 9.75. The van der Waals surface area contributed by atoms with Crippen LogP contribution in [0.15, 0.2) is 0 Å². The van der Waals surface area contributed by atoms with E-state index in [1.54, 1.807) is 0 Å². The number of hydrogen-bond acceptors (Lipinski definition) is 1. The molecule has 1 aliphatic carbocycles. The van der Waals surface area contributed by atoms with Crippen LogP contribution in [0.5, 0.6) is 0 Å². The Labute approximate surface area is 117 Å². The van der Waals surface area contributed by atoms with Gasteiger partial charge in [0.2, 0.25) is 5.78 Å². The number of Topliss-reactive ketones (excluding diaryl/α,β-unsaturated/α-hetero) is 1. The molecule has 0 aliphatic heterocycles. The zero-order chi connectivity index (χ0) is 14.5. The highest BCUT2D eigenvalue weighted by Crippen LogP contribution is 2.34. The van der Waals surface area contributed by atoms with Crippen molar-refractivity contribution in [3.63, 3.8) is 0 Å². The molecule has 1 fully saturated rings. The van der Waals surface area contributed by atoms with E-state index in [0.717, 1.165) is 6.42 Å². The third-order valence-electron chi connectivity index (χ3n) is 4.36. The maximum absolute atomic E-state index is 12.2. The summed E-state index contributed by atoms with van der Waals surface area (Å²) >= 11 is 0. The lowest BCUT2D eigenvalue weighted by Crippen LogP contribution is -2.32. The van der Waals surface area contributed by atoms with Gasteiger partial charge in [-0.1, -0.05) is 66.2 Å². The average Bonchev–Trinajstić information content (AvgIpc) is 2.39. The summed E-state index contributed by atoms with van der Waals surface area (Å²) in [7, 11) is 0. The van der Waals surface area contributed by atoms with E-state index in [4.69, 9.17) is 5.53 Å². The zero-order valence-corrected chi connectivity index (χ0v) is 12.9. The molecule has 1 saturated carbocycles. The third-order valence-corrected chi connectivity index (χ3v) is 4.36. The second kappa shape index (κ2) is 7.00. The Hall–Kier alpha value is -0.950. The van der Waals surface area contributed by atoms with Crippen molar-refractivity contribution in [1.82, 2.24) is 0 Å². The third kappa shape index (κ3) is 4.58. The van der Waals surface area contributed by atoms with Crippen molar-refractivity contribution in [2.24, 2.45) is 17.3 Å². The van der Waals surface area contributed by atoms with Gasteiger partial charge in [0.1, 0.15) is 0 Å². The van der Waals surface area contributed by atoms with E-state index < -0.39 is 5.41 Å². The van der Waals surface area contributed by atoms with Gasteiger partial charge in [-0.25, -0.2) is 0 Å². The van der Waals surface area contributed by atoms with Crippen LogP contribution in [0.2, 0.25) is 0 Å². The van der Waals surface area contributed by atoms with Gasteiger partial charge in [0.25, 0.3) is 0 Å². The van der Waals surface area contributed by atoms with Crippen molar-refractivity contribution in [3.8, 4) is 0 Å². The zero-order valence-electron chi connectivity index (χ0n) is 12.9. The Morgan fingerprint density at radius 1 is 1.26 bits per heavy atom. The fraction of sp³-hybridized carbons (Fsp3) is 0.875. The summed E-state index contributed by atoms with van der Waals surface area (Å²) in [4.78, 5) is 15.5. The van der Waals surface area contributed by atoms with Gasteiger partial charge in [0.05, 0.1) is 6.42 Å². The van der Waals surface area contributed by atoms with Crippen LogP contribution in [0.4, 0.5) is 0 Å². The number of carbonyl (C=O) groups excluding carboxylic acids is 1. The number of rotatable bonds is 5. The lowest BCUT2D eigenvalue weighted by Gasteiger charge is -2.28. The maximum atomic E-state index is 12.2. The minimum atomic E-state index is -0.466. The van der Waals surface area contributed by atoms with Gasteiger partial charge in [-0.05, 0) is 11.8 Å². The summed E-state index contributed by atoms with van der Waals surface area (Å²) in [6.45, 7) is 7.81. The predicted octanol–water partition coefficient (Wildman–Crippen LogP) is 4.27. The molecule has 0 saturated heterocycles. The monoisotopic (exact) mass is 264 g/mol. The minimum absolute atomic E-state index is 0.0238. The molecule has 3 heteroatoms. The van der Waals surface area contributed by atoms with E-state index >= 15 is 0 Å². The van der Waals surface area contributed by atoms with E-state index in [2.05, 4.69) is 11.7 Å². The first-order valence-electron chi connectivity index (χ1n) is 7.65. The van der Waals surface area contributed by atoms with Crippen LogP contribution in [0.25, 0.3) is 5.53 Å². The van der Waals surface area contributed by atoms with Crippen molar-refractivity contribution in [1.29, 1.82) is 0 Å². The highest BCUT2D eigenvalue weighted by molar-refractivity contribution is 6.39. The molecule has 0 amide bonds. The largest absolute Gasteiger partial charge is 0.361 e. The first-order valence-corrected chi connectivity index (χ1v) is 7.65. The van der Waals surface area contributed by atoms with E-state index in [-0.39, 0.29) is 5.78 Å². The van der Waals surface area contributed by atoms with Gasteiger partial charge in [-0.2, -0.15) is 4.79 Å². The van der Waals surface area contributed by atoms with Crippen LogP contribution in [-0.4, -0.2) is 16.3 Å². The maximum Gasteiger partial charge on any atom is 0.335 e. The van der Waals surface area contributed by atoms with Crippen molar-refractivity contribution in [3.05, 3.63) is 5.53 Å². The molecule has 1 unspecified atom stereocenters. The molecule has 1 atom stereocenters. The number of nitrogens with zero attached hydrogens (tertiary/aromatic N) is 2. The summed E-state index contributed by atoms with van der Waals surface area (Å²) in [6.07, 6.45) is 8.17. The fourth-order valence-electron chi connectivity index (χ4n) is 3.11. The molecule has 0 aromatic rings. The van der Waals surface area contributed by atoms with E-state index in [1.165, 1.54) is 32.1 Å². The van der Waals surface area contributed by atoms with Gasteiger partial charge in [0.15, 0.2) is 0 Å². The number of carbonyl (C=O) groups is 1. The second-order valence-corrected chi connectivity index (χ2v) is 6.90. The highest BCUT2D eigenvalue weighted by atomic mass is 16.1. The summed E-state index contributed by atoms with van der Waals surface area (Å²) < 4.78 is 0. The Morgan fingerprint density at radius 3 is 2.26 bits per heavy atom. The molecule has 0 aromatic carbocycles. The molecule has 0 radical (unpaired) electrons. The fourth-order valence-corrected chi connectivity index (χ4v) is 3.11. The summed E-state index contributed by atoms with van der Waals surface area (Å²) in [5.41, 5.74) is 9.07. The molecule has 0 heterocycles. The SMILES string of the molecule is CCC(CC(=[N+]=[N-])C(=O)C(C)(C)C)C1CCCCC1. The molecular weight excluding hydrogens is 236 g/mol. The second-order valence-electron chi connectivity index (χ2n) is 6.90. The molecule has 1 aliphatic rings. The molecule has 0 N–H and O–H groups in total. The van der Waals surface area contributed by atoms with Crippen LogP contribution < -0.4 is 0 Å². The molecular formula is C16H28N2O.